The van der Waals surface area contributed by atoms with Gasteiger partial charge in [0, 0.05) is 25.5 Å². The quantitative estimate of drug-likeness (QED) is 0.681. The number of anilines is 1. The molecule has 0 bridgehead atoms. The zero-order chi connectivity index (χ0) is 21.1. The van der Waals surface area contributed by atoms with E-state index in [4.69, 9.17) is 14.6 Å². The van der Waals surface area contributed by atoms with Crippen molar-refractivity contribution in [2.75, 3.05) is 26.6 Å². The van der Waals surface area contributed by atoms with E-state index in [9.17, 15) is 9.18 Å². The second kappa shape index (κ2) is 8.44. The predicted octanol–water partition coefficient (Wildman–Crippen LogP) is 2.75. The number of hydrogen-bond donors (Lipinski definition) is 2. The van der Waals surface area contributed by atoms with Gasteiger partial charge in [0.2, 0.25) is 11.8 Å². The number of fused-ring (bicyclic) bond motifs is 1. The van der Waals surface area contributed by atoms with E-state index in [-0.39, 0.29) is 23.5 Å². The van der Waals surface area contributed by atoms with E-state index in [1.54, 1.807) is 12.3 Å². The number of nitrogens with zero attached hydrogens (tertiary/aromatic N) is 3. The Morgan fingerprint density at radius 2 is 1.93 bits per heavy atom. The molecule has 29 heavy (non-hydrogen) atoms. The molecule has 0 spiro atoms. The van der Waals surface area contributed by atoms with Crippen molar-refractivity contribution in [3.63, 3.8) is 0 Å². The molecule has 2 N–H and O–H groups in total. The fourth-order valence-corrected chi connectivity index (χ4v) is 3.15. The summed E-state index contributed by atoms with van der Waals surface area (Å²) in [6.45, 7) is 0. The molecule has 0 atom stereocenters. The van der Waals surface area contributed by atoms with E-state index < -0.39 is 5.82 Å². The predicted molar refractivity (Wildman–Crippen MR) is 107 cm³/mol. The number of pyridine rings is 2. The number of hydrogen-bond acceptors (Lipinski definition) is 6. The fourth-order valence-electron chi connectivity index (χ4n) is 3.15. The molecule has 9 heteroatoms. The Balaban J connectivity index is 0.00000117. The van der Waals surface area contributed by atoms with Gasteiger partial charge < -0.3 is 24.5 Å². The number of amides is 1. The average molecular weight is 402 g/mol. The van der Waals surface area contributed by atoms with E-state index in [1.165, 1.54) is 14.2 Å². The number of carbonyl (C=O) groups excluding carboxylic acids is 1. The van der Waals surface area contributed by atoms with Crippen LogP contribution in [-0.4, -0.2) is 46.9 Å². The third-order valence-corrected chi connectivity index (χ3v) is 4.73. The second-order valence-corrected chi connectivity index (χ2v) is 6.50. The lowest BCUT2D eigenvalue weighted by molar-refractivity contribution is -0.117. The highest BCUT2D eigenvalue weighted by molar-refractivity contribution is 5.96. The maximum absolute atomic E-state index is 14.2. The molecule has 1 fully saturated rings. The molecule has 0 saturated heterocycles. The van der Waals surface area contributed by atoms with Crippen LogP contribution in [-0.2, 0) is 11.8 Å². The molecule has 8 nitrogen and oxygen atoms in total. The number of aryl methyl sites for hydroxylation is 1. The largest absolute Gasteiger partial charge is 0.493 e. The fraction of sp³-hybridized carbons (Fsp3) is 0.350. The van der Waals surface area contributed by atoms with Gasteiger partial charge in [-0.25, -0.2) is 14.4 Å². The molecule has 0 radical (unpaired) electrons. The van der Waals surface area contributed by atoms with Crippen molar-refractivity contribution in [2.45, 2.75) is 12.8 Å². The Kier molecular flexibility index (Phi) is 5.97. The average Bonchev–Trinajstić information content (AvgIpc) is 3.54. The van der Waals surface area contributed by atoms with E-state index in [0.717, 1.165) is 37.1 Å². The molecular formula is C20H23FN4O4. The van der Waals surface area contributed by atoms with Gasteiger partial charge in [0.15, 0.2) is 11.6 Å². The van der Waals surface area contributed by atoms with Gasteiger partial charge in [-0.05, 0) is 25.0 Å². The maximum Gasteiger partial charge on any atom is 0.228 e. The minimum atomic E-state index is -0.575. The molecule has 3 aromatic heterocycles. The van der Waals surface area contributed by atoms with E-state index in [2.05, 4.69) is 15.3 Å². The summed E-state index contributed by atoms with van der Waals surface area (Å²) >= 11 is 0. The van der Waals surface area contributed by atoms with Crippen LogP contribution in [0.25, 0.3) is 22.2 Å². The lowest BCUT2D eigenvalue weighted by Gasteiger charge is -2.13. The smallest absolute Gasteiger partial charge is 0.228 e. The molecule has 1 saturated carbocycles. The molecule has 0 aliphatic heterocycles. The van der Waals surface area contributed by atoms with Crippen LogP contribution in [0.1, 0.15) is 12.8 Å². The Morgan fingerprint density at radius 3 is 2.55 bits per heavy atom. The number of aliphatic hydroxyl groups is 1. The number of rotatable bonds is 5. The van der Waals surface area contributed by atoms with Gasteiger partial charge in [0.05, 0.1) is 37.8 Å². The number of methoxy groups -OCH3 is 2. The molecule has 1 aliphatic rings. The van der Waals surface area contributed by atoms with Gasteiger partial charge in [0.25, 0.3) is 0 Å². The first-order chi connectivity index (χ1) is 14.0. The van der Waals surface area contributed by atoms with Crippen LogP contribution in [0.15, 0.2) is 24.5 Å². The van der Waals surface area contributed by atoms with E-state index in [0.29, 0.717) is 17.1 Å². The highest BCUT2D eigenvalue weighted by atomic mass is 19.1. The van der Waals surface area contributed by atoms with Crippen molar-refractivity contribution in [2.24, 2.45) is 13.0 Å². The molecule has 3 heterocycles. The summed E-state index contributed by atoms with van der Waals surface area (Å²) in [6, 6.07) is 3.66. The van der Waals surface area contributed by atoms with Crippen LogP contribution >= 0.6 is 0 Å². The zero-order valence-electron chi connectivity index (χ0n) is 16.7. The van der Waals surface area contributed by atoms with E-state index in [1.807, 2.05) is 17.7 Å². The number of halogens is 1. The molecule has 1 amide bonds. The molecule has 154 valence electrons. The van der Waals surface area contributed by atoms with Gasteiger partial charge in [-0.3, -0.25) is 4.79 Å². The van der Waals surface area contributed by atoms with Crippen LogP contribution in [0.5, 0.6) is 11.6 Å². The summed E-state index contributed by atoms with van der Waals surface area (Å²) in [5, 5.41) is 10.7. The first-order valence-corrected chi connectivity index (χ1v) is 9.01. The highest BCUT2D eigenvalue weighted by Gasteiger charge is 2.30. The first-order valence-electron chi connectivity index (χ1n) is 9.01. The summed E-state index contributed by atoms with van der Waals surface area (Å²) in [5.41, 5.74) is 1.91. The second-order valence-electron chi connectivity index (χ2n) is 6.50. The van der Waals surface area contributed by atoms with E-state index >= 15 is 0 Å². The van der Waals surface area contributed by atoms with Crippen LogP contribution in [0.2, 0.25) is 0 Å². The van der Waals surface area contributed by atoms with Crippen molar-refractivity contribution in [3.05, 3.63) is 30.3 Å². The topological polar surface area (TPSA) is 98.5 Å². The molecule has 0 aromatic carbocycles. The third kappa shape index (κ3) is 3.86. The Bertz CT molecular complexity index is 1050. The van der Waals surface area contributed by atoms with Crippen molar-refractivity contribution >= 4 is 22.6 Å². The van der Waals surface area contributed by atoms with Crippen molar-refractivity contribution in [1.29, 1.82) is 0 Å². The minimum Gasteiger partial charge on any atom is -0.493 e. The Labute approximate surface area is 167 Å². The Morgan fingerprint density at radius 1 is 1.21 bits per heavy atom. The summed E-state index contributed by atoms with van der Waals surface area (Å²) in [5.74, 6) is 0.329. The monoisotopic (exact) mass is 402 g/mol. The maximum atomic E-state index is 14.2. The van der Waals surface area contributed by atoms with Gasteiger partial charge in [-0.1, -0.05) is 0 Å². The summed E-state index contributed by atoms with van der Waals surface area (Å²) in [7, 11) is 5.71. The zero-order valence-corrected chi connectivity index (χ0v) is 16.7. The molecule has 0 unspecified atom stereocenters. The number of ether oxygens (including phenoxy) is 2. The molecule has 1 aliphatic carbocycles. The third-order valence-electron chi connectivity index (χ3n) is 4.73. The molecular weight excluding hydrogens is 379 g/mol. The first kappa shape index (κ1) is 20.5. The number of aliphatic hydroxyl groups excluding tert-OH is 1. The summed E-state index contributed by atoms with van der Waals surface area (Å²) < 4.78 is 26.6. The SMILES string of the molecule is CO.COc1ncc(F)c(OC)c1-c1cc2cc(NC(=O)C3CC3)ncc2n1C. The van der Waals surface area contributed by atoms with Gasteiger partial charge in [-0.15, -0.1) is 0 Å². The van der Waals surface area contributed by atoms with Crippen molar-refractivity contribution in [1.82, 2.24) is 14.5 Å². The minimum absolute atomic E-state index is 0.00401. The molecule has 4 rings (SSSR count). The molecule has 3 aromatic rings. The van der Waals surface area contributed by atoms with Crippen LogP contribution in [0.3, 0.4) is 0 Å². The normalized spacial score (nSPS) is 12.9. The number of carbonyl (C=O) groups is 1. The van der Waals surface area contributed by atoms with Crippen LogP contribution in [0.4, 0.5) is 10.2 Å². The lowest BCUT2D eigenvalue weighted by Crippen LogP contribution is -2.14. The number of nitrogens with one attached hydrogen (secondary N) is 1. The lowest BCUT2D eigenvalue weighted by atomic mass is 10.1. The standard InChI is InChI=1S/C19H19FN4O3.CH4O/c1-24-13(16-17(26-2)12(20)8-22-19(16)27-3)6-11-7-15(21-9-14(11)24)23-18(25)10-4-5-10;1-2/h6-10H,4-5H2,1-3H3,(H,21,23,25);2H,1H3. The van der Waals surface area contributed by atoms with Gasteiger partial charge >= 0.3 is 0 Å². The van der Waals surface area contributed by atoms with Crippen molar-refractivity contribution in [3.8, 4) is 22.9 Å². The summed E-state index contributed by atoms with van der Waals surface area (Å²) in [6.07, 6.45) is 4.59. The van der Waals surface area contributed by atoms with Crippen LogP contribution < -0.4 is 14.8 Å². The number of aromatic nitrogens is 3. The van der Waals surface area contributed by atoms with Crippen molar-refractivity contribution < 1.29 is 23.8 Å². The van der Waals surface area contributed by atoms with Gasteiger partial charge in [0.1, 0.15) is 11.4 Å². The summed E-state index contributed by atoms with van der Waals surface area (Å²) in [4.78, 5) is 20.3. The van der Waals surface area contributed by atoms with Crippen LogP contribution in [0, 0.1) is 11.7 Å². The van der Waals surface area contributed by atoms with Gasteiger partial charge in [-0.2, -0.15) is 0 Å². The Hall–Kier alpha value is -3.20. The highest BCUT2D eigenvalue weighted by Crippen LogP contribution is 2.40.